The van der Waals surface area contributed by atoms with Crippen molar-refractivity contribution in [2.24, 2.45) is 0 Å². The van der Waals surface area contributed by atoms with E-state index in [1.165, 1.54) is 0 Å². The second-order valence-electron chi connectivity index (χ2n) is 8.54. The van der Waals surface area contributed by atoms with Crippen LogP contribution in [0.15, 0.2) is 57.8 Å². The molecule has 0 aliphatic carbocycles. The highest BCUT2D eigenvalue weighted by Crippen LogP contribution is 2.29. The Labute approximate surface area is 192 Å². The van der Waals surface area contributed by atoms with Crippen molar-refractivity contribution < 1.29 is 13.7 Å². The number of likely N-dealkylation sites (tertiary alicyclic amines) is 1. The molecule has 0 aromatic carbocycles. The SMILES string of the molecule is Cc1noc2nc(-c3ccco3)cc(C(=O)N(C)C3CCN(CCc4ccccn4)CC3)c12. The molecular formula is C25H27N5O3. The van der Waals surface area contributed by atoms with Gasteiger partial charge in [-0.25, -0.2) is 4.98 Å². The van der Waals surface area contributed by atoms with E-state index in [0.717, 1.165) is 44.6 Å². The van der Waals surface area contributed by atoms with Crippen LogP contribution in [0.1, 0.15) is 34.6 Å². The molecular weight excluding hydrogens is 418 g/mol. The molecule has 170 valence electrons. The first kappa shape index (κ1) is 21.3. The van der Waals surface area contributed by atoms with Gasteiger partial charge in [-0.2, -0.15) is 0 Å². The second kappa shape index (κ2) is 9.15. The topological polar surface area (TPSA) is 88.5 Å². The number of fused-ring (bicyclic) bond motifs is 1. The van der Waals surface area contributed by atoms with Crippen molar-refractivity contribution in [3.63, 3.8) is 0 Å². The van der Waals surface area contributed by atoms with E-state index in [0.29, 0.717) is 33.8 Å². The van der Waals surface area contributed by atoms with Crippen molar-refractivity contribution in [2.45, 2.75) is 32.2 Å². The monoisotopic (exact) mass is 445 g/mol. The molecule has 5 heterocycles. The maximum absolute atomic E-state index is 13.6. The molecule has 5 rings (SSSR count). The van der Waals surface area contributed by atoms with Crippen LogP contribution < -0.4 is 0 Å². The Hall–Kier alpha value is -3.52. The Morgan fingerprint density at radius 2 is 2.06 bits per heavy atom. The highest BCUT2D eigenvalue weighted by atomic mass is 16.5. The molecule has 4 aromatic heterocycles. The van der Waals surface area contributed by atoms with Gasteiger partial charge in [-0.05, 0) is 50.1 Å². The molecule has 4 aromatic rings. The zero-order valence-electron chi connectivity index (χ0n) is 18.9. The van der Waals surface area contributed by atoms with Crippen LogP contribution in [0.3, 0.4) is 0 Å². The molecule has 1 fully saturated rings. The van der Waals surface area contributed by atoms with Crippen LogP contribution in [0.5, 0.6) is 0 Å². The number of carbonyl (C=O) groups is 1. The smallest absolute Gasteiger partial charge is 0.259 e. The minimum Gasteiger partial charge on any atom is -0.463 e. The van der Waals surface area contributed by atoms with E-state index >= 15 is 0 Å². The third kappa shape index (κ3) is 4.39. The lowest BCUT2D eigenvalue weighted by molar-refractivity contribution is 0.0645. The molecule has 33 heavy (non-hydrogen) atoms. The lowest BCUT2D eigenvalue weighted by Crippen LogP contribution is -2.46. The summed E-state index contributed by atoms with van der Waals surface area (Å²) >= 11 is 0. The van der Waals surface area contributed by atoms with Gasteiger partial charge in [-0.15, -0.1) is 0 Å². The zero-order valence-corrected chi connectivity index (χ0v) is 18.9. The minimum absolute atomic E-state index is 0.0477. The number of hydrogen-bond donors (Lipinski definition) is 0. The van der Waals surface area contributed by atoms with Gasteiger partial charge in [0.15, 0.2) is 5.76 Å². The van der Waals surface area contributed by atoms with Gasteiger partial charge in [0.25, 0.3) is 11.6 Å². The summed E-state index contributed by atoms with van der Waals surface area (Å²) in [7, 11) is 1.89. The quantitative estimate of drug-likeness (QED) is 0.444. The largest absolute Gasteiger partial charge is 0.463 e. The van der Waals surface area contributed by atoms with Gasteiger partial charge in [0.2, 0.25) is 0 Å². The van der Waals surface area contributed by atoms with Crippen molar-refractivity contribution in [1.29, 1.82) is 0 Å². The van der Waals surface area contributed by atoms with E-state index in [-0.39, 0.29) is 11.9 Å². The molecule has 1 aliphatic rings. The molecule has 8 heteroatoms. The highest BCUT2D eigenvalue weighted by Gasteiger charge is 2.29. The minimum atomic E-state index is -0.0477. The maximum atomic E-state index is 13.6. The lowest BCUT2D eigenvalue weighted by atomic mass is 10.0. The molecule has 0 saturated carbocycles. The number of aryl methyl sites for hydroxylation is 1. The van der Waals surface area contributed by atoms with Crippen molar-refractivity contribution in [3.8, 4) is 11.5 Å². The zero-order chi connectivity index (χ0) is 22.8. The number of hydrogen-bond acceptors (Lipinski definition) is 7. The summed E-state index contributed by atoms with van der Waals surface area (Å²) < 4.78 is 10.9. The molecule has 0 radical (unpaired) electrons. The van der Waals surface area contributed by atoms with Gasteiger partial charge in [-0.3, -0.25) is 9.78 Å². The fraction of sp³-hybridized carbons (Fsp3) is 0.360. The molecule has 0 atom stereocenters. The van der Waals surface area contributed by atoms with Crippen molar-refractivity contribution >= 4 is 17.0 Å². The Morgan fingerprint density at radius 1 is 1.21 bits per heavy atom. The highest BCUT2D eigenvalue weighted by molar-refractivity contribution is 6.06. The van der Waals surface area contributed by atoms with Crippen LogP contribution in [0.4, 0.5) is 0 Å². The molecule has 0 spiro atoms. The Morgan fingerprint density at radius 3 is 2.79 bits per heavy atom. The number of aromatic nitrogens is 3. The fourth-order valence-electron chi connectivity index (χ4n) is 4.52. The predicted molar refractivity (Wildman–Crippen MR) is 124 cm³/mol. The van der Waals surface area contributed by atoms with E-state index in [1.54, 1.807) is 18.4 Å². The molecule has 1 amide bonds. The van der Waals surface area contributed by atoms with Gasteiger partial charge in [0.1, 0.15) is 5.69 Å². The van der Waals surface area contributed by atoms with Crippen LogP contribution in [0.2, 0.25) is 0 Å². The van der Waals surface area contributed by atoms with Gasteiger partial charge in [-0.1, -0.05) is 11.2 Å². The van der Waals surface area contributed by atoms with E-state index in [1.807, 2.05) is 43.3 Å². The number of furan rings is 1. The Balaban J connectivity index is 1.29. The van der Waals surface area contributed by atoms with E-state index in [2.05, 4.69) is 26.1 Å². The first-order chi connectivity index (χ1) is 16.1. The van der Waals surface area contributed by atoms with Crippen molar-refractivity contribution in [2.75, 3.05) is 26.7 Å². The average Bonchev–Trinajstić information content (AvgIpc) is 3.53. The van der Waals surface area contributed by atoms with Crippen LogP contribution in [-0.2, 0) is 6.42 Å². The van der Waals surface area contributed by atoms with E-state index < -0.39 is 0 Å². The van der Waals surface area contributed by atoms with Gasteiger partial charge < -0.3 is 18.7 Å². The van der Waals surface area contributed by atoms with Crippen LogP contribution in [0.25, 0.3) is 22.6 Å². The number of rotatable bonds is 6. The van der Waals surface area contributed by atoms with Gasteiger partial charge in [0, 0.05) is 51.0 Å². The first-order valence-corrected chi connectivity index (χ1v) is 11.3. The van der Waals surface area contributed by atoms with Gasteiger partial charge >= 0.3 is 0 Å². The molecule has 1 saturated heterocycles. The normalized spacial score (nSPS) is 15.2. The molecule has 0 unspecified atom stereocenters. The molecule has 0 bridgehead atoms. The average molecular weight is 446 g/mol. The van der Waals surface area contributed by atoms with E-state index in [4.69, 9.17) is 8.94 Å². The first-order valence-electron chi connectivity index (χ1n) is 11.3. The second-order valence-corrected chi connectivity index (χ2v) is 8.54. The van der Waals surface area contributed by atoms with Crippen molar-refractivity contribution in [1.82, 2.24) is 24.9 Å². The third-order valence-electron chi connectivity index (χ3n) is 6.46. The van der Waals surface area contributed by atoms with Crippen LogP contribution in [-0.4, -0.2) is 63.6 Å². The number of carbonyl (C=O) groups excluding carboxylic acids is 1. The Bertz CT molecular complexity index is 1230. The van der Waals surface area contributed by atoms with E-state index in [9.17, 15) is 4.79 Å². The summed E-state index contributed by atoms with van der Waals surface area (Å²) in [6.45, 7) is 4.74. The summed E-state index contributed by atoms with van der Waals surface area (Å²) in [4.78, 5) is 26.8. The fourth-order valence-corrected chi connectivity index (χ4v) is 4.52. The Kier molecular flexibility index (Phi) is 5.92. The van der Waals surface area contributed by atoms with Gasteiger partial charge in [0.05, 0.1) is 22.9 Å². The molecule has 1 aliphatic heterocycles. The molecule has 8 nitrogen and oxygen atoms in total. The number of amides is 1. The number of pyridine rings is 2. The summed E-state index contributed by atoms with van der Waals surface area (Å²) in [5.41, 5.74) is 3.23. The maximum Gasteiger partial charge on any atom is 0.259 e. The number of nitrogens with zero attached hydrogens (tertiary/aromatic N) is 5. The molecule has 0 N–H and O–H groups in total. The predicted octanol–water partition coefficient (Wildman–Crippen LogP) is 3.97. The lowest BCUT2D eigenvalue weighted by Gasteiger charge is -2.36. The van der Waals surface area contributed by atoms with Crippen LogP contribution in [0, 0.1) is 6.92 Å². The summed E-state index contributed by atoms with van der Waals surface area (Å²) in [6.07, 6.45) is 6.24. The van der Waals surface area contributed by atoms with Crippen molar-refractivity contribution in [3.05, 3.63) is 65.8 Å². The summed E-state index contributed by atoms with van der Waals surface area (Å²) in [5, 5.41) is 4.70. The third-order valence-corrected chi connectivity index (χ3v) is 6.46. The summed E-state index contributed by atoms with van der Waals surface area (Å²) in [5.74, 6) is 0.539. The summed E-state index contributed by atoms with van der Waals surface area (Å²) in [6, 6.07) is 11.6. The number of piperidine rings is 1. The van der Waals surface area contributed by atoms with Crippen LogP contribution >= 0.6 is 0 Å². The standard InChI is InChI=1S/C25H27N5O3/c1-17-23-20(16-21(22-7-5-15-32-22)27-24(23)33-28-17)25(31)29(2)19-9-13-30(14-10-19)12-8-18-6-3-4-11-26-18/h3-7,11,15-16,19H,8-10,12-14H2,1-2H3.